The zero-order chi connectivity index (χ0) is 27.0. The molecule has 0 bridgehead atoms. The molecule has 0 spiro atoms. The van der Waals surface area contributed by atoms with Gasteiger partial charge in [0.1, 0.15) is 5.54 Å². The van der Waals surface area contributed by atoms with Crippen LogP contribution in [0.25, 0.3) is 0 Å². The molecule has 0 aliphatic heterocycles. The highest BCUT2D eigenvalue weighted by Gasteiger charge is 2.36. The van der Waals surface area contributed by atoms with Crippen LogP contribution in [-0.2, 0) is 34.9 Å². The van der Waals surface area contributed by atoms with Gasteiger partial charge in [-0.1, -0.05) is 26.8 Å². The van der Waals surface area contributed by atoms with E-state index in [1.54, 1.807) is 0 Å². The number of rotatable bonds is 14. The van der Waals surface area contributed by atoms with Crippen LogP contribution >= 0.6 is 0 Å². The Bertz CT molecular complexity index is 874. The topological polar surface area (TPSA) is 159 Å². The number of carbonyl (C=O) groups is 4. The Kier molecular flexibility index (Phi) is 13.7. The highest BCUT2D eigenvalue weighted by molar-refractivity contribution is 5.81. The molecule has 0 fully saturated rings. The molecule has 0 saturated carbocycles. The van der Waals surface area contributed by atoms with Gasteiger partial charge in [-0.3, -0.25) is 4.79 Å². The van der Waals surface area contributed by atoms with Gasteiger partial charge in [-0.05, 0) is 37.0 Å². The predicted octanol–water partition coefficient (Wildman–Crippen LogP) is 3.90. The summed E-state index contributed by atoms with van der Waals surface area (Å²) in [6.07, 6.45) is -1.24. The van der Waals surface area contributed by atoms with Gasteiger partial charge < -0.3 is 38.9 Å². The highest BCUT2D eigenvalue weighted by atomic mass is 16.7. The summed E-state index contributed by atoms with van der Waals surface area (Å²) in [5.74, 6) is -0.994. The van der Waals surface area contributed by atoms with Crippen LogP contribution in [0.5, 0.6) is 11.5 Å². The Morgan fingerprint density at radius 2 is 1.25 bits per heavy atom. The fourth-order valence-corrected chi connectivity index (χ4v) is 2.81. The van der Waals surface area contributed by atoms with Crippen LogP contribution in [0.15, 0.2) is 18.2 Å². The Hall–Kier alpha value is -3.54. The van der Waals surface area contributed by atoms with Crippen LogP contribution < -0.4 is 15.2 Å². The summed E-state index contributed by atoms with van der Waals surface area (Å²) in [4.78, 5) is 48.0. The van der Waals surface area contributed by atoms with Gasteiger partial charge in [0.05, 0.1) is 33.5 Å². The van der Waals surface area contributed by atoms with Crippen molar-refractivity contribution in [1.29, 1.82) is 0 Å². The Balaban J connectivity index is 3.09. The molecule has 1 aromatic rings. The van der Waals surface area contributed by atoms with Crippen LogP contribution in [0.2, 0.25) is 0 Å². The van der Waals surface area contributed by atoms with E-state index in [1.807, 2.05) is 20.8 Å². The number of hydrogen-bond acceptors (Lipinski definition) is 12. The van der Waals surface area contributed by atoms with Crippen molar-refractivity contribution in [3.63, 3.8) is 0 Å². The van der Waals surface area contributed by atoms with Crippen molar-refractivity contribution in [2.24, 2.45) is 5.73 Å². The molecule has 1 rings (SSSR count). The number of nitrogens with two attached hydrogens (primary N) is 1. The molecule has 2 N–H and O–H groups in total. The number of ether oxygens (including phenoxy) is 7. The lowest BCUT2D eigenvalue weighted by Crippen LogP contribution is -2.51. The normalized spacial score (nSPS) is 12.0. The molecule has 0 heterocycles. The van der Waals surface area contributed by atoms with E-state index in [1.165, 1.54) is 25.3 Å². The summed E-state index contributed by atoms with van der Waals surface area (Å²) in [5.41, 5.74) is 5.16. The third kappa shape index (κ3) is 10.8. The predicted molar refractivity (Wildman–Crippen MR) is 126 cm³/mol. The molecule has 0 aliphatic rings. The average molecular weight is 514 g/mol. The van der Waals surface area contributed by atoms with E-state index in [2.05, 4.69) is 0 Å². The van der Waals surface area contributed by atoms with Gasteiger partial charge in [0.2, 0.25) is 0 Å². The molecular formula is C24H35NO11. The van der Waals surface area contributed by atoms with E-state index in [-0.39, 0.29) is 50.8 Å². The van der Waals surface area contributed by atoms with Gasteiger partial charge in [0.15, 0.2) is 11.5 Å². The summed E-state index contributed by atoms with van der Waals surface area (Å²) in [5, 5.41) is 0. The summed E-state index contributed by atoms with van der Waals surface area (Å²) in [6.45, 7) is 5.74. The van der Waals surface area contributed by atoms with Gasteiger partial charge >= 0.3 is 24.4 Å². The van der Waals surface area contributed by atoms with Gasteiger partial charge in [0, 0.05) is 12.8 Å². The van der Waals surface area contributed by atoms with Crippen molar-refractivity contribution in [2.75, 3.05) is 33.5 Å². The molecule has 202 valence electrons. The maximum atomic E-state index is 12.5. The number of methoxy groups -OCH3 is 1. The van der Waals surface area contributed by atoms with Crippen molar-refractivity contribution in [2.45, 2.75) is 58.4 Å². The third-order valence-corrected chi connectivity index (χ3v) is 4.55. The van der Waals surface area contributed by atoms with Crippen LogP contribution in [-0.4, -0.2) is 63.5 Å². The van der Waals surface area contributed by atoms with Crippen LogP contribution in [0.1, 0.15) is 52.0 Å². The van der Waals surface area contributed by atoms with Crippen molar-refractivity contribution in [3.8, 4) is 11.5 Å². The molecule has 0 radical (unpaired) electrons. The van der Waals surface area contributed by atoms with E-state index < -0.39 is 30.0 Å². The standard InChI is InChI=1S/C24H35NO11/c1-5-11-31-21(27)34-14-10-24(25,20(26)30-4)16-17-8-9-18(35-22(28)32-12-6-2)19(15-17)36-23(29)33-13-7-3/h8-9,15H,5-7,10-14,16,25H2,1-4H3/t24-/m1/s1. The minimum absolute atomic E-state index is 0.0861. The van der Waals surface area contributed by atoms with Crippen molar-refractivity contribution in [3.05, 3.63) is 23.8 Å². The average Bonchev–Trinajstić information content (AvgIpc) is 2.85. The van der Waals surface area contributed by atoms with E-state index in [0.717, 1.165) is 0 Å². The largest absolute Gasteiger partial charge is 0.513 e. The first-order valence-corrected chi connectivity index (χ1v) is 11.7. The van der Waals surface area contributed by atoms with E-state index in [0.29, 0.717) is 24.8 Å². The third-order valence-electron chi connectivity index (χ3n) is 4.55. The molecule has 0 saturated heterocycles. The Morgan fingerprint density at radius 3 is 1.78 bits per heavy atom. The molecule has 0 aromatic heterocycles. The second-order valence-corrected chi connectivity index (χ2v) is 7.70. The van der Waals surface area contributed by atoms with Gasteiger partial charge in [-0.2, -0.15) is 0 Å². The quantitative estimate of drug-likeness (QED) is 0.217. The van der Waals surface area contributed by atoms with Crippen molar-refractivity contribution < 1.29 is 52.3 Å². The summed E-state index contributed by atoms with van der Waals surface area (Å²) in [7, 11) is 1.18. The molecule has 36 heavy (non-hydrogen) atoms. The fraction of sp³-hybridized carbons (Fsp3) is 0.583. The zero-order valence-corrected chi connectivity index (χ0v) is 21.2. The zero-order valence-electron chi connectivity index (χ0n) is 21.2. The number of carbonyl (C=O) groups excluding carboxylic acids is 4. The van der Waals surface area contributed by atoms with Gasteiger partial charge in [-0.15, -0.1) is 0 Å². The maximum absolute atomic E-state index is 12.5. The number of hydrogen-bond donors (Lipinski definition) is 1. The summed E-state index contributed by atoms with van der Waals surface area (Å²) < 4.78 is 34.8. The number of benzene rings is 1. The first-order chi connectivity index (χ1) is 17.2. The van der Waals surface area contributed by atoms with Crippen LogP contribution in [0, 0.1) is 0 Å². The SMILES string of the molecule is CCCOC(=O)OCC[C@@](N)(Cc1ccc(OC(=O)OCCC)c(OC(=O)OCCC)c1)C(=O)OC. The second-order valence-electron chi connectivity index (χ2n) is 7.70. The first kappa shape index (κ1) is 30.5. The lowest BCUT2D eigenvalue weighted by molar-refractivity contribution is -0.147. The molecule has 1 aromatic carbocycles. The lowest BCUT2D eigenvalue weighted by atomic mass is 9.88. The molecule has 12 nitrogen and oxygen atoms in total. The van der Waals surface area contributed by atoms with Gasteiger partial charge in [0.25, 0.3) is 0 Å². The molecule has 0 amide bonds. The number of esters is 1. The molecule has 1 atom stereocenters. The maximum Gasteiger partial charge on any atom is 0.513 e. The second kappa shape index (κ2) is 16.2. The minimum Gasteiger partial charge on any atom is -0.468 e. The van der Waals surface area contributed by atoms with E-state index in [9.17, 15) is 19.2 Å². The van der Waals surface area contributed by atoms with E-state index >= 15 is 0 Å². The molecule has 0 unspecified atom stereocenters. The smallest absolute Gasteiger partial charge is 0.468 e. The molecule has 0 aliphatic carbocycles. The van der Waals surface area contributed by atoms with Gasteiger partial charge in [-0.25, -0.2) is 14.4 Å². The fourth-order valence-electron chi connectivity index (χ4n) is 2.81. The van der Waals surface area contributed by atoms with Crippen molar-refractivity contribution in [1.82, 2.24) is 0 Å². The van der Waals surface area contributed by atoms with Crippen LogP contribution in [0.3, 0.4) is 0 Å². The Morgan fingerprint density at radius 1 is 0.750 bits per heavy atom. The first-order valence-electron chi connectivity index (χ1n) is 11.7. The summed E-state index contributed by atoms with van der Waals surface area (Å²) in [6, 6.07) is 4.26. The highest BCUT2D eigenvalue weighted by Crippen LogP contribution is 2.31. The Labute approximate surface area is 210 Å². The summed E-state index contributed by atoms with van der Waals surface area (Å²) >= 11 is 0. The molecular weight excluding hydrogens is 478 g/mol. The monoisotopic (exact) mass is 513 g/mol. The molecule has 12 heteroatoms. The van der Waals surface area contributed by atoms with E-state index in [4.69, 9.17) is 38.9 Å². The van der Waals surface area contributed by atoms with Crippen LogP contribution in [0.4, 0.5) is 14.4 Å². The minimum atomic E-state index is -1.60. The lowest BCUT2D eigenvalue weighted by Gasteiger charge is -2.26. The van der Waals surface area contributed by atoms with Crippen molar-refractivity contribution >= 4 is 24.4 Å².